The van der Waals surface area contributed by atoms with Crippen LogP contribution in [-0.2, 0) is 13.2 Å². The number of pyridine rings is 1. The van der Waals surface area contributed by atoms with E-state index in [4.69, 9.17) is 10.00 Å². The molecule has 162 valence electrons. The zero-order valence-electron chi connectivity index (χ0n) is 18.0. The SMILES string of the molecule is N#CNC(=NCc1ccc(COc2ccccc2-c2ccccc2)cc1)Nc1ccncc1. The first kappa shape index (κ1) is 21.6. The maximum absolute atomic E-state index is 8.99. The van der Waals surface area contributed by atoms with Gasteiger partial charge in [0.1, 0.15) is 12.4 Å². The topological polar surface area (TPSA) is 82.3 Å². The van der Waals surface area contributed by atoms with Crippen molar-refractivity contribution in [1.82, 2.24) is 10.3 Å². The minimum Gasteiger partial charge on any atom is -0.488 e. The summed E-state index contributed by atoms with van der Waals surface area (Å²) in [6.07, 6.45) is 5.25. The summed E-state index contributed by atoms with van der Waals surface area (Å²) in [6, 6.07) is 30.0. The van der Waals surface area contributed by atoms with Crippen molar-refractivity contribution in [1.29, 1.82) is 5.26 Å². The summed E-state index contributed by atoms with van der Waals surface area (Å²) in [6.45, 7) is 0.901. The predicted molar refractivity (Wildman–Crippen MR) is 130 cm³/mol. The minimum atomic E-state index is 0.383. The fourth-order valence-corrected chi connectivity index (χ4v) is 3.26. The predicted octanol–water partition coefficient (Wildman–Crippen LogP) is 5.37. The third-order valence-corrected chi connectivity index (χ3v) is 4.93. The summed E-state index contributed by atoms with van der Waals surface area (Å²) in [5, 5.41) is 14.6. The lowest BCUT2D eigenvalue weighted by molar-refractivity contribution is 0.307. The quantitative estimate of drug-likeness (QED) is 0.177. The molecule has 33 heavy (non-hydrogen) atoms. The number of benzene rings is 3. The first-order valence-corrected chi connectivity index (χ1v) is 10.5. The van der Waals surface area contributed by atoms with Crippen LogP contribution in [0.4, 0.5) is 5.69 Å². The second-order valence-corrected chi connectivity index (χ2v) is 7.23. The van der Waals surface area contributed by atoms with Crippen LogP contribution in [0.3, 0.4) is 0 Å². The van der Waals surface area contributed by atoms with Crippen LogP contribution in [0.1, 0.15) is 11.1 Å². The largest absolute Gasteiger partial charge is 0.488 e. The van der Waals surface area contributed by atoms with Gasteiger partial charge in [0.15, 0.2) is 6.19 Å². The number of nitrogens with one attached hydrogen (secondary N) is 2. The molecular formula is C27H23N5O. The molecule has 0 unspecified atom stereocenters. The average molecular weight is 434 g/mol. The number of guanidine groups is 1. The Hall–Kier alpha value is -4.63. The minimum absolute atomic E-state index is 0.383. The summed E-state index contributed by atoms with van der Waals surface area (Å²) in [7, 11) is 0. The normalized spacial score (nSPS) is 10.8. The van der Waals surface area contributed by atoms with E-state index in [1.807, 2.05) is 66.9 Å². The van der Waals surface area contributed by atoms with Crippen LogP contribution in [0.15, 0.2) is 108 Å². The molecule has 1 heterocycles. The maximum atomic E-state index is 8.99. The Morgan fingerprint density at radius 2 is 1.55 bits per heavy atom. The van der Waals surface area contributed by atoms with Crippen LogP contribution in [0.25, 0.3) is 11.1 Å². The molecule has 0 radical (unpaired) electrons. The number of hydrogen-bond acceptors (Lipinski definition) is 4. The molecule has 0 atom stereocenters. The maximum Gasteiger partial charge on any atom is 0.209 e. The number of rotatable bonds is 7. The average Bonchev–Trinajstić information content (AvgIpc) is 2.88. The Morgan fingerprint density at radius 3 is 2.30 bits per heavy atom. The number of anilines is 1. The zero-order valence-corrected chi connectivity index (χ0v) is 18.0. The summed E-state index contributed by atoms with van der Waals surface area (Å²) >= 11 is 0. The van der Waals surface area contributed by atoms with Gasteiger partial charge in [-0.05, 0) is 34.9 Å². The lowest BCUT2D eigenvalue weighted by Crippen LogP contribution is -2.26. The van der Waals surface area contributed by atoms with Crippen LogP contribution in [0.5, 0.6) is 5.75 Å². The van der Waals surface area contributed by atoms with Crippen molar-refractivity contribution in [2.24, 2.45) is 4.99 Å². The molecule has 3 aromatic carbocycles. The number of aliphatic imine (C=N–C) groups is 1. The van der Waals surface area contributed by atoms with Crippen LogP contribution in [0.2, 0.25) is 0 Å². The molecule has 2 N–H and O–H groups in total. The Kier molecular flexibility index (Phi) is 7.28. The van der Waals surface area contributed by atoms with E-state index < -0.39 is 0 Å². The Bertz CT molecular complexity index is 1230. The summed E-state index contributed by atoms with van der Waals surface area (Å²) in [4.78, 5) is 8.45. The highest BCUT2D eigenvalue weighted by Gasteiger charge is 2.06. The lowest BCUT2D eigenvalue weighted by atomic mass is 10.0. The van der Waals surface area contributed by atoms with Gasteiger partial charge >= 0.3 is 0 Å². The monoisotopic (exact) mass is 433 g/mol. The van der Waals surface area contributed by atoms with E-state index in [9.17, 15) is 0 Å². The van der Waals surface area contributed by atoms with Crippen molar-refractivity contribution in [2.45, 2.75) is 13.2 Å². The number of nitriles is 1. The summed E-state index contributed by atoms with van der Waals surface area (Å²) in [5.41, 5.74) is 5.09. The van der Waals surface area contributed by atoms with Crippen molar-refractivity contribution in [2.75, 3.05) is 5.32 Å². The van der Waals surface area contributed by atoms with E-state index >= 15 is 0 Å². The molecule has 0 amide bonds. The van der Waals surface area contributed by atoms with Gasteiger partial charge in [-0.2, -0.15) is 5.26 Å². The summed E-state index contributed by atoms with van der Waals surface area (Å²) < 4.78 is 6.13. The van der Waals surface area contributed by atoms with Gasteiger partial charge in [-0.25, -0.2) is 4.99 Å². The molecule has 0 saturated heterocycles. The molecule has 0 fully saturated rings. The van der Waals surface area contributed by atoms with Gasteiger partial charge in [-0.1, -0.05) is 72.8 Å². The van der Waals surface area contributed by atoms with Crippen LogP contribution < -0.4 is 15.4 Å². The van der Waals surface area contributed by atoms with Crippen molar-refractivity contribution < 1.29 is 4.74 Å². The Morgan fingerprint density at radius 1 is 0.848 bits per heavy atom. The standard InChI is InChI=1S/C27H23N5O/c28-20-31-27(32-24-14-16-29-17-15-24)30-18-21-10-12-22(13-11-21)19-33-26-9-5-4-8-25(26)23-6-2-1-3-7-23/h1-17H,18-19H2,(H2,29,30,31,32). The van der Waals surface area contributed by atoms with E-state index in [1.54, 1.807) is 24.5 Å². The molecule has 4 aromatic rings. The van der Waals surface area contributed by atoms with Crippen LogP contribution in [-0.4, -0.2) is 10.9 Å². The van der Waals surface area contributed by atoms with Gasteiger partial charge in [-0.15, -0.1) is 0 Å². The molecule has 0 spiro atoms. The molecule has 6 nitrogen and oxygen atoms in total. The Labute approximate surface area is 193 Å². The number of hydrogen-bond donors (Lipinski definition) is 2. The highest BCUT2D eigenvalue weighted by molar-refractivity contribution is 5.94. The first-order chi connectivity index (χ1) is 16.3. The third kappa shape index (κ3) is 6.18. The second kappa shape index (κ2) is 11.1. The zero-order chi connectivity index (χ0) is 22.7. The molecule has 0 saturated carbocycles. The van der Waals surface area contributed by atoms with E-state index in [2.05, 4.69) is 38.8 Å². The van der Waals surface area contributed by atoms with Crippen molar-refractivity contribution in [3.63, 3.8) is 0 Å². The van der Waals surface area contributed by atoms with Gasteiger partial charge in [0.25, 0.3) is 0 Å². The summed E-state index contributed by atoms with van der Waals surface area (Å²) in [5.74, 6) is 1.24. The highest BCUT2D eigenvalue weighted by atomic mass is 16.5. The molecule has 0 aliphatic carbocycles. The molecule has 4 rings (SSSR count). The lowest BCUT2D eigenvalue weighted by Gasteiger charge is -2.12. The van der Waals surface area contributed by atoms with Gasteiger partial charge in [-0.3, -0.25) is 10.3 Å². The molecule has 0 bridgehead atoms. The van der Waals surface area contributed by atoms with Crippen molar-refractivity contribution in [3.8, 4) is 23.1 Å². The van der Waals surface area contributed by atoms with Crippen LogP contribution >= 0.6 is 0 Å². The molecular weight excluding hydrogens is 410 g/mol. The van der Waals surface area contributed by atoms with Gasteiger partial charge in [0.05, 0.1) is 6.54 Å². The van der Waals surface area contributed by atoms with E-state index in [0.717, 1.165) is 33.7 Å². The fraction of sp³-hybridized carbons (Fsp3) is 0.0741. The van der Waals surface area contributed by atoms with Crippen molar-refractivity contribution >= 4 is 11.6 Å². The van der Waals surface area contributed by atoms with Crippen LogP contribution in [0, 0.1) is 11.5 Å². The smallest absolute Gasteiger partial charge is 0.209 e. The molecule has 0 aliphatic heterocycles. The van der Waals surface area contributed by atoms with Gasteiger partial charge < -0.3 is 10.1 Å². The molecule has 1 aromatic heterocycles. The number of para-hydroxylation sites is 1. The van der Waals surface area contributed by atoms with Gasteiger partial charge in [0, 0.05) is 23.6 Å². The van der Waals surface area contributed by atoms with Gasteiger partial charge in [0.2, 0.25) is 5.96 Å². The third-order valence-electron chi connectivity index (χ3n) is 4.93. The molecule has 6 heteroatoms. The number of ether oxygens (including phenoxy) is 1. The van der Waals surface area contributed by atoms with E-state index in [-0.39, 0.29) is 0 Å². The fourth-order valence-electron chi connectivity index (χ4n) is 3.26. The van der Waals surface area contributed by atoms with E-state index in [0.29, 0.717) is 19.1 Å². The highest BCUT2D eigenvalue weighted by Crippen LogP contribution is 2.30. The first-order valence-electron chi connectivity index (χ1n) is 10.5. The second-order valence-electron chi connectivity index (χ2n) is 7.23. The molecule has 0 aliphatic rings. The number of aromatic nitrogens is 1. The Balaban J connectivity index is 1.38. The van der Waals surface area contributed by atoms with E-state index in [1.165, 1.54) is 0 Å². The van der Waals surface area contributed by atoms with Crippen molar-refractivity contribution in [3.05, 3.63) is 115 Å². The number of nitrogens with zero attached hydrogens (tertiary/aromatic N) is 3.